The molecule has 4 heteroatoms. The van der Waals surface area contributed by atoms with Crippen LogP contribution in [0.4, 0.5) is 0 Å². The normalized spacial score (nSPS) is 14.2. The van der Waals surface area contributed by atoms with E-state index in [2.05, 4.69) is 0 Å². The summed E-state index contributed by atoms with van der Waals surface area (Å²) in [5.41, 5.74) is 1.80. The van der Waals surface area contributed by atoms with Crippen LogP contribution in [0.3, 0.4) is 0 Å². The second kappa shape index (κ2) is 5.61. The highest BCUT2D eigenvalue weighted by Crippen LogP contribution is 2.21. The van der Waals surface area contributed by atoms with E-state index in [1.54, 1.807) is 25.1 Å². The molecule has 0 radical (unpaired) electrons. The topological polar surface area (TPSA) is 84.5 Å². The molecule has 3 N–H and O–H groups in total. The summed E-state index contributed by atoms with van der Waals surface area (Å²) in [6.07, 6.45) is -1.98. The Kier molecular flexibility index (Phi) is 4.44. The fraction of sp³-hybridized carbons (Fsp3) is 0.417. The summed E-state index contributed by atoms with van der Waals surface area (Å²) in [5, 5.41) is 36.8. The van der Waals surface area contributed by atoms with Crippen LogP contribution in [0, 0.1) is 18.3 Å². The van der Waals surface area contributed by atoms with Crippen LogP contribution in [0.15, 0.2) is 18.2 Å². The first-order valence-electron chi connectivity index (χ1n) is 5.07. The predicted molar refractivity (Wildman–Crippen MR) is 58.6 cm³/mol. The molecule has 1 rings (SSSR count). The number of hydrogen-bond donors (Lipinski definition) is 3. The first-order valence-corrected chi connectivity index (χ1v) is 5.07. The summed E-state index contributed by atoms with van der Waals surface area (Å²) in [4.78, 5) is 0. The van der Waals surface area contributed by atoms with Gasteiger partial charge in [-0.25, -0.2) is 0 Å². The Morgan fingerprint density at radius 1 is 1.38 bits per heavy atom. The van der Waals surface area contributed by atoms with E-state index < -0.39 is 12.2 Å². The maximum Gasteiger partial charge on any atom is 0.105 e. The van der Waals surface area contributed by atoms with Crippen LogP contribution < -0.4 is 0 Å². The van der Waals surface area contributed by atoms with E-state index in [9.17, 15) is 10.2 Å². The lowest BCUT2D eigenvalue weighted by atomic mass is 9.98. The van der Waals surface area contributed by atoms with E-state index in [-0.39, 0.29) is 13.0 Å². The number of nitriles is 1. The highest BCUT2D eigenvalue weighted by molar-refractivity contribution is 5.40. The molecular weight excluding hydrogens is 206 g/mol. The first kappa shape index (κ1) is 12.7. The molecule has 4 nitrogen and oxygen atoms in total. The smallest absolute Gasteiger partial charge is 0.105 e. The Bertz CT molecular complexity index is 398. The van der Waals surface area contributed by atoms with E-state index in [0.29, 0.717) is 11.1 Å². The van der Waals surface area contributed by atoms with Gasteiger partial charge >= 0.3 is 0 Å². The minimum atomic E-state index is -1.07. The Morgan fingerprint density at radius 3 is 2.62 bits per heavy atom. The Morgan fingerprint density at radius 2 is 2.06 bits per heavy atom. The van der Waals surface area contributed by atoms with Gasteiger partial charge in [-0.05, 0) is 30.5 Å². The summed E-state index contributed by atoms with van der Waals surface area (Å²) in [6.45, 7) is 1.62. The largest absolute Gasteiger partial charge is 0.396 e. The van der Waals surface area contributed by atoms with Crippen molar-refractivity contribution in [3.8, 4) is 6.07 Å². The van der Waals surface area contributed by atoms with Crippen molar-refractivity contribution in [1.29, 1.82) is 5.26 Å². The summed E-state index contributed by atoms with van der Waals surface area (Å²) in [7, 11) is 0. The van der Waals surface area contributed by atoms with Gasteiger partial charge in [-0.3, -0.25) is 0 Å². The molecule has 0 fully saturated rings. The van der Waals surface area contributed by atoms with Crippen LogP contribution in [0.2, 0.25) is 0 Å². The molecule has 0 aliphatic rings. The van der Waals surface area contributed by atoms with E-state index >= 15 is 0 Å². The molecule has 0 spiro atoms. The molecular formula is C12H15NO3. The van der Waals surface area contributed by atoms with Crippen molar-refractivity contribution in [2.24, 2.45) is 0 Å². The first-order chi connectivity index (χ1) is 7.60. The zero-order valence-corrected chi connectivity index (χ0v) is 9.09. The number of aryl methyl sites for hydroxylation is 1. The van der Waals surface area contributed by atoms with Gasteiger partial charge in [0.15, 0.2) is 0 Å². The van der Waals surface area contributed by atoms with E-state index in [1.807, 2.05) is 6.07 Å². The summed E-state index contributed by atoms with van der Waals surface area (Å²) < 4.78 is 0. The van der Waals surface area contributed by atoms with Crippen LogP contribution >= 0.6 is 0 Å². The van der Waals surface area contributed by atoms with Gasteiger partial charge in [0.25, 0.3) is 0 Å². The average Bonchev–Trinajstić information content (AvgIpc) is 2.29. The molecule has 2 unspecified atom stereocenters. The minimum absolute atomic E-state index is 0.108. The molecule has 0 bridgehead atoms. The van der Waals surface area contributed by atoms with E-state index in [1.165, 1.54) is 0 Å². The van der Waals surface area contributed by atoms with Crippen molar-refractivity contribution in [1.82, 2.24) is 0 Å². The van der Waals surface area contributed by atoms with Gasteiger partial charge in [0, 0.05) is 6.61 Å². The van der Waals surface area contributed by atoms with E-state index in [4.69, 9.17) is 10.4 Å². The van der Waals surface area contributed by atoms with Gasteiger partial charge in [-0.1, -0.05) is 12.1 Å². The van der Waals surface area contributed by atoms with Crippen molar-refractivity contribution in [3.63, 3.8) is 0 Å². The SMILES string of the molecule is Cc1ccc(C(O)C(O)CCO)cc1C#N. The van der Waals surface area contributed by atoms with Crippen molar-refractivity contribution in [3.05, 3.63) is 34.9 Å². The Labute approximate surface area is 94.4 Å². The Hall–Kier alpha value is -1.41. The zero-order valence-electron chi connectivity index (χ0n) is 9.09. The lowest BCUT2D eigenvalue weighted by Crippen LogP contribution is -2.19. The zero-order chi connectivity index (χ0) is 12.1. The number of rotatable bonds is 4. The average molecular weight is 221 g/mol. The number of aliphatic hydroxyl groups is 3. The third-order valence-corrected chi connectivity index (χ3v) is 2.51. The Balaban J connectivity index is 2.92. The minimum Gasteiger partial charge on any atom is -0.396 e. The van der Waals surface area contributed by atoms with Crippen molar-refractivity contribution < 1.29 is 15.3 Å². The second-order valence-electron chi connectivity index (χ2n) is 3.71. The molecule has 16 heavy (non-hydrogen) atoms. The second-order valence-corrected chi connectivity index (χ2v) is 3.71. The molecule has 0 amide bonds. The quantitative estimate of drug-likeness (QED) is 0.696. The standard InChI is InChI=1S/C12H15NO3/c1-8-2-3-9(6-10(8)7-13)12(16)11(15)4-5-14/h2-3,6,11-12,14-16H,4-5H2,1H3. The number of nitrogens with zero attached hydrogens (tertiary/aromatic N) is 1. The molecule has 0 aromatic heterocycles. The van der Waals surface area contributed by atoms with Crippen molar-refractivity contribution >= 4 is 0 Å². The number of benzene rings is 1. The summed E-state index contributed by atoms with van der Waals surface area (Å²) in [5.74, 6) is 0. The molecule has 2 atom stereocenters. The number of hydrogen-bond acceptors (Lipinski definition) is 4. The van der Waals surface area contributed by atoms with Crippen LogP contribution in [0.5, 0.6) is 0 Å². The molecule has 86 valence electrons. The lowest BCUT2D eigenvalue weighted by Gasteiger charge is -2.17. The number of aliphatic hydroxyl groups excluding tert-OH is 3. The van der Waals surface area contributed by atoms with E-state index in [0.717, 1.165) is 5.56 Å². The highest BCUT2D eigenvalue weighted by Gasteiger charge is 2.18. The van der Waals surface area contributed by atoms with Crippen LogP contribution in [0.25, 0.3) is 0 Å². The third kappa shape index (κ3) is 2.80. The fourth-order valence-corrected chi connectivity index (χ4v) is 1.46. The molecule has 1 aromatic carbocycles. The van der Waals surface area contributed by atoms with Gasteiger partial charge in [0.1, 0.15) is 6.10 Å². The highest BCUT2D eigenvalue weighted by atomic mass is 16.3. The molecule has 0 saturated carbocycles. The van der Waals surface area contributed by atoms with Gasteiger partial charge in [-0.15, -0.1) is 0 Å². The molecule has 0 aliphatic heterocycles. The third-order valence-electron chi connectivity index (χ3n) is 2.51. The lowest BCUT2D eigenvalue weighted by molar-refractivity contribution is 0.00420. The van der Waals surface area contributed by atoms with Gasteiger partial charge in [0.05, 0.1) is 17.7 Å². The molecule has 0 aliphatic carbocycles. The van der Waals surface area contributed by atoms with Crippen molar-refractivity contribution in [2.45, 2.75) is 25.6 Å². The van der Waals surface area contributed by atoms with Crippen LogP contribution in [-0.4, -0.2) is 28.0 Å². The van der Waals surface area contributed by atoms with Crippen LogP contribution in [0.1, 0.15) is 29.2 Å². The van der Waals surface area contributed by atoms with Gasteiger partial charge in [-0.2, -0.15) is 5.26 Å². The summed E-state index contributed by atoms with van der Waals surface area (Å²) >= 11 is 0. The summed E-state index contributed by atoms with van der Waals surface area (Å²) in [6, 6.07) is 6.97. The fourth-order valence-electron chi connectivity index (χ4n) is 1.46. The van der Waals surface area contributed by atoms with Crippen LogP contribution in [-0.2, 0) is 0 Å². The predicted octanol–water partition coefficient (Wildman–Crippen LogP) is 0.643. The van der Waals surface area contributed by atoms with Gasteiger partial charge < -0.3 is 15.3 Å². The maximum absolute atomic E-state index is 9.76. The molecule has 0 saturated heterocycles. The molecule has 0 heterocycles. The maximum atomic E-state index is 9.76. The van der Waals surface area contributed by atoms with Gasteiger partial charge in [0.2, 0.25) is 0 Å². The van der Waals surface area contributed by atoms with Crippen molar-refractivity contribution in [2.75, 3.05) is 6.61 Å². The molecule has 1 aromatic rings. The monoisotopic (exact) mass is 221 g/mol.